The molecule has 1 fully saturated rings. The lowest BCUT2D eigenvalue weighted by Crippen LogP contribution is -2.46. The molecule has 1 atom stereocenters. The summed E-state index contributed by atoms with van der Waals surface area (Å²) in [4.78, 5) is 11.9. The first kappa shape index (κ1) is 14.6. The first-order valence-corrected chi connectivity index (χ1v) is 6.82. The Morgan fingerprint density at radius 2 is 2.11 bits per heavy atom. The van der Waals surface area contributed by atoms with Gasteiger partial charge in [0.1, 0.15) is 0 Å². The Hall–Kier alpha value is -0.810. The van der Waals surface area contributed by atoms with Crippen LogP contribution in [-0.2, 0) is 9.53 Å². The lowest BCUT2D eigenvalue weighted by Gasteiger charge is -2.23. The van der Waals surface area contributed by atoms with Crippen molar-refractivity contribution in [2.24, 2.45) is 0 Å². The van der Waals surface area contributed by atoms with Crippen molar-refractivity contribution in [3.05, 3.63) is 28.2 Å². The summed E-state index contributed by atoms with van der Waals surface area (Å²) >= 11 is 12.0. The molecular weight excluding hydrogens is 287 g/mol. The van der Waals surface area contributed by atoms with Gasteiger partial charge >= 0.3 is 0 Å². The predicted molar refractivity (Wildman–Crippen MR) is 76.9 cm³/mol. The van der Waals surface area contributed by atoms with Crippen LogP contribution in [0.25, 0.3) is 0 Å². The summed E-state index contributed by atoms with van der Waals surface area (Å²) in [6.07, 6.45) is 0.896. The Labute approximate surface area is 122 Å². The molecule has 0 spiro atoms. The van der Waals surface area contributed by atoms with Crippen LogP contribution >= 0.6 is 23.2 Å². The lowest BCUT2D eigenvalue weighted by molar-refractivity contribution is -0.115. The summed E-state index contributed by atoms with van der Waals surface area (Å²) in [5.74, 6) is -0.178. The summed E-state index contributed by atoms with van der Waals surface area (Å²) in [6, 6.07) is 5.10. The van der Waals surface area contributed by atoms with Gasteiger partial charge < -0.3 is 15.4 Å². The van der Waals surface area contributed by atoms with Crippen LogP contribution in [-0.4, -0.2) is 31.2 Å². The minimum absolute atomic E-state index is 0.137. The van der Waals surface area contributed by atoms with Gasteiger partial charge in [0.25, 0.3) is 0 Å². The number of carbonyl (C=O) groups excluding carboxylic acids is 1. The summed E-state index contributed by atoms with van der Waals surface area (Å²) in [5.41, 5.74) is 0.312. The van der Waals surface area contributed by atoms with E-state index in [0.29, 0.717) is 22.3 Å². The van der Waals surface area contributed by atoms with Crippen molar-refractivity contribution in [2.45, 2.75) is 18.9 Å². The van der Waals surface area contributed by atoms with Gasteiger partial charge in [0.2, 0.25) is 5.91 Å². The van der Waals surface area contributed by atoms with E-state index in [0.717, 1.165) is 13.0 Å². The maximum atomic E-state index is 11.9. The zero-order valence-corrected chi connectivity index (χ0v) is 12.1. The first-order valence-electron chi connectivity index (χ1n) is 6.07. The molecule has 19 heavy (non-hydrogen) atoms. The molecule has 2 rings (SSSR count). The Morgan fingerprint density at radius 3 is 2.68 bits per heavy atom. The molecule has 1 aromatic rings. The fourth-order valence-electron chi connectivity index (χ4n) is 1.90. The lowest BCUT2D eigenvalue weighted by atomic mass is 10.0. The van der Waals surface area contributed by atoms with Crippen molar-refractivity contribution in [3.8, 4) is 0 Å². The van der Waals surface area contributed by atoms with Gasteiger partial charge in [0, 0.05) is 12.1 Å². The molecule has 1 amide bonds. The van der Waals surface area contributed by atoms with Gasteiger partial charge in [-0.2, -0.15) is 0 Å². The predicted octanol–water partition coefficient (Wildman–Crippen LogP) is 2.70. The third-order valence-corrected chi connectivity index (χ3v) is 3.75. The van der Waals surface area contributed by atoms with Gasteiger partial charge in [-0.1, -0.05) is 29.3 Å². The molecule has 0 bridgehead atoms. The van der Waals surface area contributed by atoms with Crippen LogP contribution in [0.5, 0.6) is 0 Å². The minimum atomic E-state index is -0.178. The second kappa shape index (κ2) is 6.09. The number of carbonyl (C=O) groups is 1. The first-order chi connectivity index (χ1) is 9.00. The van der Waals surface area contributed by atoms with Crippen molar-refractivity contribution in [1.82, 2.24) is 5.32 Å². The second-order valence-corrected chi connectivity index (χ2v) is 5.68. The highest BCUT2D eigenvalue weighted by Gasteiger charge is 2.29. The van der Waals surface area contributed by atoms with Crippen molar-refractivity contribution < 1.29 is 9.53 Å². The monoisotopic (exact) mass is 302 g/mol. The Morgan fingerprint density at radius 1 is 1.42 bits per heavy atom. The number of anilines is 1. The topological polar surface area (TPSA) is 50.4 Å². The van der Waals surface area contributed by atoms with E-state index in [1.807, 2.05) is 6.92 Å². The van der Waals surface area contributed by atoms with E-state index in [1.54, 1.807) is 18.2 Å². The number of amides is 1. The molecule has 1 aromatic carbocycles. The fourth-order valence-corrected chi connectivity index (χ4v) is 2.39. The molecule has 2 N–H and O–H groups in total. The maximum absolute atomic E-state index is 11.9. The molecule has 1 unspecified atom stereocenters. The van der Waals surface area contributed by atoms with E-state index in [-0.39, 0.29) is 18.0 Å². The Balaban J connectivity index is 1.91. The molecule has 1 heterocycles. The van der Waals surface area contributed by atoms with Crippen molar-refractivity contribution in [2.75, 3.05) is 25.1 Å². The number of para-hydroxylation sites is 1. The van der Waals surface area contributed by atoms with E-state index in [1.165, 1.54) is 0 Å². The smallest absolute Gasteiger partial charge is 0.238 e. The molecular formula is C13H16Cl2N2O2. The summed E-state index contributed by atoms with van der Waals surface area (Å²) in [5, 5.41) is 6.76. The van der Waals surface area contributed by atoms with Crippen LogP contribution in [0.15, 0.2) is 18.2 Å². The van der Waals surface area contributed by atoms with Crippen molar-refractivity contribution >= 4 is 34.8 Å². The van der Waals surface area contributed by atoms with Gasteiger partial charge in [-0.3, -0.25) is 4.79 Å². The zero-order chi connectivity index (χ0) is 13.9. The van der Waals surface area contributed by atoms with Crippen LogP contribution in [0.4, 0.5) is 5.69 Å². The Kier molecular flexibility index (Phi) is 4.68. The minimum Gasteiger partial charge on any atom is -0.379 e. The average molecular weight is 303 g/mol. The molecule has 1 aliphatic heterocycles. The molecule has 1 saturated heterocycles. The third-order valence-electron chi connectivity index (χ3n) is 3.12. The second-order valence-electron chi connectivity index (χ2n) is 4.86. The van der Waals surface area contributed by atoms with Crippen LogP contribution < -0.4 is 10.6 Å². The van der Waals surface area contributed by atoms with E-state index in [2.05, 4.69) is 10.6 Å². The number of rotatable bonds is 4. The number of halogens is 2. The molecule has 0 aliphatic carbocycles. The van der Waals surface area contributed by atoms with E-state index in [9.17, 15) is 4.79 Å². The highest BCUT2D eigenvalue weighted by atomic mass is 35.5. The van der Waals surface area contributed by atoms with Crippen molar-refractivity contribution in [3.63, 3.8) is 0 Å². The number of hydrogen-bond donors (Lipinski definition) is 2. The van der Waals surface area contributed by atoms with Crippen LogP contribution in [0.2, 0.25) is 10.0 Å². The standard InChI is InChI=1S/C13H16Cl2N2O2/c1-13(5-6-19-8-13)16-7-11(18)17-12-9(14)3-2-4-10(12)15/h2-4,16H,5-8H2,1H3,(H,17,18). The summed E-state index contributed by atoms with van der Waals surface area (Å²) in [7, 11) is 0. The van der Waals surface area contributed by atoms with Crippen molar-refractivity contribution in [1.29, 1.82) is 0 Å². The van der Waals surface area contributed by atoms with Gasteiger partial charge in [0.05, 0.1) is 28.9 Å². The summed E-state index contributed by atoms with van der Waals surface area (Å²) < 4.78 is 5.31. The highest BCUT2D eigenvalue weighted by molar-refractivity contribution is 6.39. The van der Waals surface area contributed by atoms with E-state index >= 15 is 0 Å². The van der Waals surface area contributed by atoms with Gasteiger partial charge in [-0.15, -0.1) is 0 Å². The van der Waals surface area contributed by atoms with Crippen LogP contribution in [0.1, 0.15) is 13.3 Å². The molecule has 4 nitrogen and oxygen atoms in total. The summed E-state index contributed by atoms with van der Waals surface area (Å²) in [6.45, 7) is 3.58. The van der Waals surface area contributed by atoms with Gasteiger partial charge in [0.15, 0.2) is 0 Å². The van der Waals surface area contributed by atoms with E-state index in [4.69, 9.17) is 27.9 Å². The Bertz CT molecular complexity index is 453. The van der Waals surface area contributed by atoms with Crippen LogP contribution in [0, 0.1) is 0 Å². The number of hydrogen-bond acceptors (Lipinski definition) is 3. The van der Waals surface area contributed by atoms with Crippen LogP contribution in [0.3, 0.4) is 0 Å². The van der Waals surface area contributed by atoms with Gasteiger partial charge in [-0.25, -0.2) is 0 Å². The molecule has 104 valence electrons. The molecule has 0 aromatic heterocycles. The molecule has 0 saturated carbocycles. The SMILES string of the molecule is CC1(NCC(=O)Nc2c(Cl)cccc2Cl)CCOC1. The number of ether oxygens (including phenoxy) is 1. The quantitative estimate of drug-likeness (QED) is 0.899. The third kappa shape index (κ3) is 3.83. The highest BCUT2D eigenvalue weighted by Crippen LogP contribution is 2.29. The average Bonchev–Trinajstić information content (AvgIpc) is 2.79. The number of nitrogens with one attached hydrogen (secondary N) is 2. The maximum Gasteiger partial charge on any atom is 0.238 e. The van der Waals surface area contributed by atoms with E-state index < -0.39 is 0 Å². The molecule has 6 heteroatoms. The number of benzene rings is 1. The molecule has 1 aliphatic rings. The van der Waals surface area contributed by atoms with Gasteiger partial charge in [-0.05, 0) is 25.5 Å². The fraction of sp³-hybridized carbons (Fsp3) is 0.462. The zero-order valence-electron chi connectivity index (χ0n) is 10.6. The largest absolute Gasteiger partial charge is 0.379 e. The normalized spacial score (nSPS) is 22.5. The molecule has 0 radical (unpaired) electrons.